The smallest absolute Gasteiger partial charge is 0.310 e. The number of fused-ring (bicyclic) bond motifs is 2. The molecule has 3 rings (SSSR count). The summed E-state index contributed by atoms with van der Waals surface area (Å²) in [5, 5.41) is 0. The number of carbonyl (C=O) groups excluding carboxylic acids is 1. The van der Waals surface area contributed by atoms with E-state index in [-0.39, 0.29) is 34.2 Å². The Morgan fingerprint density at radius 3 is 1.85 bits per heavy atom. The number of carbonyl (C=O) groups is 1. The minimum absolute atomic E-state index is 0.0505. The van der Waals surface area contributed by atoms with Crippen molar-refractivity contribution in [2.75, 3.05) is 0 Å². The van der Waals surface area contributed by atoms with E-state index in [9.17, 15) is 4.79 Å². The molecule has 0 radical (unpaired) electrons. The zero-order valence-electron chi connectivity index (χ0n) is 14.2. The Kier molecular flexibility index (Phi) is 2.61. The van der Waals surface area contributed by atoms with Crippen LogP contribution in [0.5, 0.6) is 0 Å². The van der Waals surface area contributed by atoms with Gasteiger partial charge in [-0.2, -0.15) is 0 Å². The number of ether oxygens (including phenoxy) is 1. The first-order valence-electron chi connectivity index (χ1n) is 8.17. The molecule has 3 fully saturated rings. The van der Waals surface area contributed by atoms with E-state index in [0.717, 1.165) is 12.3 Å². The summed E-state index contributed by atoms with van der Waals surface area (Å²) in [6, 6.07) is 0. The highest BCUT2D eigenvalue weighted by Gasteiger charge is 2.70. The molecule has 3 unspecified atom stereocenters. The molecular weight excluding hydrogens is 248 g/mol. The highest BCUT2D eigenvalue weighted by molar-refractivity contribution is 5.79. The fourth-order valence-electron chi connectivity index (χ4n) is 5.30. The first-order chi connectivity index (χ1) is 8.96. The third-order valence-electron chi connectivity index (χ3n) is 8.23. The molecule has 2 heteroatoms. The van der Waals surface area contributed by atoms with E-state index in [0.29, 0.717) is 5.41 Å². The van der Waals surface area contributed by atoms with E-state index in [4.69, 9.17) is 4.74 Å². The van der Waals surface area contributed by atoms with E-state index in [1.165, 1.54) is 12.8 Å². The maximum Gasteiger partial charge on any atom is 0.310 e. The average molecular weight is 278 g/mol. The van der Waals surface area contributed by atoms with Crippen molar-refractivity contribution < 1.29 is 9.53 Å². The van der Waals surface area contributed by atoms with Gasteiger partial charge < -0.3 is 4.74 Å². The van der Waals surface area contributed by atoms with Crippen molar-refractivity contribution in [2.24, 2.45) is 33.5 Å². The predicted octanol–water partition coefficient (Wildman–Crippen LogP) is 4.43. The first-order valence-corrected chi connectivity index (χ1v) is 8.17. The fourth-order valence-corrected chi connectivity index (χ4v) is 5.30. The molecule has 20 heavy (non-hydrogen) atoms. The van der Waals surface area contributed by atoms with E-state index < -0.39 is 0 Å². The van der Waals surface area contributed by atoms with Crippen LogP contribution >= 0.6 is 0 Å². The van der Waals surface area contributed by atoms with Gasteiger partial charge in [-0.15, -0.1) is 0 Å². The van der Waals surface area contributed by atoms with Gasteiger partial charge in [0.05, 0.1) is 5.92 Å². The predicted molar refractivity (Wildman–Crippen MR) is 80.2 cm³/mol. The van der Waals surface area contributed by atoms with Crippen molar-refractivity contribution >= 4 is 5.97 Å². The second-order valence-electron chi connectivity index (χ2n) is 9.41. The van der Waals surface area contributed by atoms with Gasteiger partial charge in [-0.25, -0.2) is 0 Å². The van der Waals surface area contributed by atoms with Crippen LogP contribution in [0.3, 0.4) is 0 Å². The minimum atomic E-state index is 0.0505. The van der Waals surface area contributed by atoms with Gasteiger partial charge in [0, 0.05) is 5.41 Å². The SMILES string of the molecule is CC1(C)C(C(=O)OC2CC3CCC2(C)C3(C)C)C1(C)C. The molecular formula is C18H30O2. The first kappa shape index (κ1) is 14.4. The van der Waals surface area contributed by atoms with Crippen molar-refractivity contribution in [1.29, 1.82) is 0 Å². The Morgan fingerprint density at radius 1 is 0.950 bits per heavy atom. The third-order valence-corrected chi connectivity index (χ3v) is 8.23. The summed E-state index contributed by atoms with van der Waals surface area (Å²) >= 11 is 0. The molecule has 2 bridgehead atoms. The lowest BCUT2D eigenvalue weighted by Gasteiger charge is -2.38. The van der Waals surface area contributed by atoms with Crippen molar-refractivity contribution in [3.63, 3.8) is 0 Å². The molecule has 3 saturated carbocycles. The normalized spacial score (nSPS) is 43.5. The van der Waals surface area contributed by atoms with Crippen LogP contribution in [0.15, 0.2) is 0 Å². The fraction of sp³-hybridized carbons (Fsp3) is 0.944. The zero-order valence-corrected chi connectivity index (χ0v) is 14.2. The second-order valence-corrected chi connectivity index (χ2v) is 9.41. The standard InChI is InChI=1S/C18H30O2/c1-15(2)11-8-9-18(15,7)12(10-11)20-14(19)13-16(3,4)17(13,5)6/h11-13H,8-10H2,1-7H3. The summed E-state index contributed by atoms with van der Waals surface area (Å²) in [4.78, 5) is 12.6. The maximum absolute atomic E-state index is 12.6. The van der Waals surface area contributed by atoms with Gasteiger partial charge in [0.2, 0.25) is 0 Å². The van der Waals surface area contributed by atoms with Gasteiger partial charge in [0.25, 0.3) is 0 Å². The van der Waals surface area contributed by atoms with Crippen molar-refractivity contribution in [1.82, 2.24) is 0 Å². The molecule has 0 saturated heterocycles. The van der Waals surface area contributed by atoms with Crippen LogP contribution in [0.1, 0.15) is 67.7 Å². The van der Waals surface area contributed by atoms with Gasteiger partial charge in [-0.05, 0) is 41.4 Å². The van der Waals surface area contributed by atoms with Gasteiger partial charge in [0.15, 0.2) is 0 Å². The summed E-state index contributed by atoms with van der Waals surface area (Å²) in [5.41, 5.74) is 0.652. The number of hydrogen-bond acceptors (Lipinski definition) is 2. The van der Waals surface area contributed by atoms with Crippen LogP contribution < -0.4 is 0 Å². The second kappa shape index (κ2) is 3.62. The Labute approximate surface area is 123 Å². The van der Waals surface area contributed by atoms with E-state index in [2.05, 4.69) is 48.5 Å². The largest absolute Gasteiger partial charge is 0.462 e. The molecule has 0 spiro atoms. The van der Waals surface area contributed by atoms with Crippen molar-refractivity contribution in [3.05, 3.63) is 0 Å². The summed E-state index contributed by atoms with van der Waals surface area (Å²) in [7, 11) is 0. The van der Waals surface area contributed by atoms with E-state index >= 15 is 0 Å². The molecule has 3 atom stereocenters. The van der Waals surface area contributed by atoms with E-state index in [1.54, 1.807) is 0 Å². The van der Waals surface area contributed by atoms with Crippen LogP contribution in [0, 0.1) is 33.5 Å². The molecule has 0 heterocycles. The Balaban J connectivity index is 1.74. The molecule has 0 aliphatic heterocycles. The van der Waals surface area contributed by atoms with Crippen LogP contribution in [0.25, 0.3) is 0 Å². The summed E-state index contributed by atoms with van der Waals surface area (Å²) in [5.74, 6) is 0.848. The third kappa shape index (κ3) is 1.43. The topological polar surface area (TPSA) is 26.3 Å². The average Bonchev–Trinajstić information content (AvgIpc) is 2.49. The quantitative estimate of drug-likeness (QED) is 0.699. The van der Waals surface area contributed by atoms with Crippen molar-refractivity contribution in [3.8, 4) is 0 Å². The summed E-state index contributed by atoms with van der Waals surface area (Å²) < 4.78 is 6.04. The summed E-state index contributed by atoms with van der Waals surface area (Å²) in [6.45, 7) is 15.8. The number of rotatable bonds is 2. The monoisotopic (exact) mass is 278 g/mol. The van der Waals surface area contributed by atoms with Crippen LogP contribution in [0.4, 0.5) is 0 Å². The molecule has 3 aliphatic rings. The van der Waals surface area contributed by atoms with Gasteiger partial charge >= 0.3 is 5.97 Å². The maximum atomic E-state index is 12.6. The Morgan fingerprint density at radius 2 is 1.50 bits per heavy atom. The minimum Gasteiger partial charge on any atom is -0.462 e. The molecule has 0 aromatic carbocycles. The molecule has 0 amide bonds. The van der Waals surface area contributed by atoms with Gasteiger partial charge in [-0.3, -0.25) is 4.79 Å². The van der Waals surface area contributed by atoms with Gasteiger partial charge in [0.1, 0.15) is 6.10 Å². The molecule has 2 nitrogen and oxygen atoms in total. The lowest BCUT2D eigenvalue weighted by molar-refractivity contribution is -0.160. The highest BCUT2D eigenvalue weighted by Crippen LogP contribution is 2.70. The lowest BCUT2D eigenvalue weighted by atomic mass is 9.70. The van der Waals surface area contributed by atoms with Crippen LogP contribution in [-0.4, -0.2) is 12.1 Å². The number of esters is 1. The molecule has 0 N–H and O–H groups in total. The Bertz CT molecular complexity index is 446. The lowest BCUT2D eigenvalue weighted by Crippen LogP contribution is -2.38. The molecule has 114 valence electrons. The molecule has 0 aromatic rings. The molecule has 0 aromatic heterocycles. The van der Waals surface area contributed by atoms with Crippen LogP contribution in [0.2, 0.25) is 0 Å². The molecule has 3 aliphatic carbocycles. The van der Waals surface area contributed by atoms with Crippen molar-refractivity contribution in [2.45, 2.75) is 73.8 Å². The van der Waals surface area contributed by atoms with Crippen LogP contribution in [-0.2, 0) is 9.53 Å². The summed E-state index contributed by atoms with van der Waals surface area (Å²) in [6.07, 6.45) is 3.72. The van der Waals surface area contributed by atoms with Gasteiger partial charge in [-0.1, -0.05) is 48.5 Å². The zero-order chi connectivity index (χ0) is 15.1. The van der Waals surface area contributed by atoms with E-state index in [1.807, 2.05) is 0 Å². The Hall–Kier alpha value is -0.530. The number of hydrogen-bond donors (Lipinski definition) is 0. The highest BCUT2D eigenvalue weighted by atomic mass is 16.5.